The van der Waals surface area contributed by atoms with Crippen LogP contribution >= 0.6 is 0 Å². The molecule has 6 rings (SSSR count). The molecule has 1 atom stereocenters. The molecule has 242 valence electrons. The van der Waals surface area contributed by atoms with E-state index in [9.17, 15) is 22.9 Å². The molecule has 0 saturated heterocycles. The van der Waals surface area contributed by atoms with Gasteiger partial charge in [0.25, 0.3) is 5.91 Å². The van der Waals surface area contributed by atoms with Gasteiger partial charge in [-0.2, -0.15) is 25.5 Å². The zero-order valence-electron chi connectivity index (χ0n) is 26.7. The van der Waals surface area contributed by atoms with E-state index in [4.69, 9.17) is 12.6 Å². The first-order chi connectivity index (χ1) is 22.9. The number of para-hydroxylation sites is 1. The van der Waals surface area contributed by atoms with Crippen LogP contribution in [0.3, 0.4) is 0 Å². The number of hydrazone groups is 1. The molecule has 1 aliphatic rings. The van der Waals surface area contributed by atoms with Gasteiger partial charge in [0, 0.05) is 16.0 Å². The number of carbonyl (C=O) groups is 1. The largest absolute Gasteiger partial charge is 1.00 e. The second-order valence-corrected chi connectivity index (χ2v) is 11.8. The third kappa shape index (κ3) is 9.84. The van der Waals surface area contributed by atoms with Crippen molar-refractivity contribution in [3.8, 4) is 16.9 Å². The summed E-state index contributed by atoms with van der Waals surface area (Å²) in [6.07, 6.45) is 0. The third-order valence-electron chi connectivity index (χ3n) is 6.85. The van der Waals surface area contributed by atoms with E-state index < -0.39 is 37.6 Å². The molecular weight excluding hydrogens is 707 g/mol. The molecule has 1 unspecified atom stereocenters. The Balaban J connectivity index is 0.00000107. The Hall–Kier alpha value is -3.97. The van der Waals surface area contributed by atoms with Crippen molar-refractivity contribution < 1.29 is 94.6 Å². The van der Waals surface area contributed by atoms with Gasteiger partial charge in [-0.3, -0.25) is 4.79 Å². The number of nitrogens with zero attached hydrogens (tertiary/aromatic N) is 6. The summed E-state index contributed by atoms with van der Waals surface area (Å²) < 4.78 is 62.0. The topological polar surface area (TPSA) is 211 Å². The summed E-state index contributed by atoms with van der Waals surface area (Å²) >= 11 is 0. The van der Waals surface area contributed by atoms with Crippen LogP contribution in [0, 0.1) is 6.07 Å². The number of carbonyl (C=O) groups excluding carboxylic acids is 1. The number of benzene rings is 5. The van der Waals surface area contributed by atoms with E-state index in [1.165, 1.54) is 23.2 Å². The normalized spacial score (nSPS) is 14.1. The summed E-state index contributed by atoms with van der Waals surface area (Å²) in [7, 11) is -8.04. The first kappa shape index (κ1) is 40.5. The van der Waals surface area contributed by atoms with Gasteiger partial charge in [0.2, 0.25) is 0 Å². The van der Waals surface area contributed by atoms with Crippen molar-refractivity contribution in [2.45, 2.75) is 17.9 Å². The van der Waals surface area contributed by atoms with E-state index in [0.29, 0.717) is 28.3 Å². The van der Waals surface area contributed by atoms with Gasteiger partial charge in [0.1, 0.15) is 21.6 Å². The van der Waals surface area contributed by atoms with E-state index >= 15 is 0 Å². The average Bonchev–Trinajstić information content (AvgIpc) is 3.35. The number of anilines is 1. The van der Waals surface area contributed by atoms with Crippen LogP contribution < -0.4 is 64.1 Å². The molecule has 0 bridgehead atoms. The Morgan fingerprint density at radius 3 is 2.18 bits per heavy atom. The fourth-order valence-electron chi connectivity index (χ4n) is 4.67. The number of phenolic OH excluding ortho intramolecular Hbond substituents is 1. The number of phenols is 1. The average molecular weight is 729 g/mol. The Labute approximate surface area is 332 Å². The van der Waals surface area contributed by atoms with Crippen LogP contribution in [0.4, 0.5) is 22.7 Å². The smallest absolute Gasteiger partial charge is 0.745 e. The molecule has 0 radical (unpaired) electrons. The van der Waals surface area contributed by atoms with Gasteiger partial charge in [-0.25, -0.2) is 13.5 Å². The SMILES string of the molecule is CC1=NN(c2ccccc2)C(=O)C1N=Nc1ccc(-c2[c-]cc(N=Nc3c(O)ccc4ccccc34)cc2)c(S(=O)(=O)[O-])c1.O=S(=O)=O.[Na+].[Na+]. The zero-order chi connectivity index (χ0) is 34.4. The minimum atomic E-state index is -4.93. The second kappa shape index (κ2) is 17.8. The molecule has 14 nitrogen and oxygen atoms in total. The molecule has 5 aromatic carbocycles. The van der Waals surface area contributed by atoms with Crippen molar-refractivity contribution in [2.24, 2.45) is 25.6 Å². The molecule has 5 aromatic rings. The molecule has 50 heavy (non-hydrogen) atoms. The Morgan fingerprint density at radius 2 is 1.52 bits per heavy atom. The molecular formula is C32H22N6Na2O8S2. The van der Waals surface area contributed by atoms with Crippen molar-refractivity contribution in [1.82, 2.24) is 0 Å². The van der Waals surface area contributed by atoms with Gasteiger partial charge in [-0.1, -0.05) is 60.2 Å². The minimum absolute atomic E-state index is 0. The summed E-state index contributed by atoms with van der Waals surface area (Å²) in [5.41, 5.74) is 2.20. The fraction of sp³-hybridized carbons (Fsp3) is 0.0625. The maximum Gasteiger partial charge on any atom is 1.00 e. The molecule has 1 N–H and O–H groups in total. The molecule has 1 heterocycles. The maximum absolute atomic E-state index is 12.9. The Kier molecular flexibility index (Phi) is 14.4. The second-order valence-electron chi connectivity index (χ2n) is 10.00. The van der Waals surface area contributed by atoms with E-state index in [1.807, 2.05) is 30.3 Å². The quantitative estimate of drug-likeness (QED) is 0.106. The number of hydrogen-bond acceptors (Lipinski definition) is 13. The van der Waals surface area contributed by atoms with Crippen LogP contribution in [0.5, 0.6) is 5.75 Å². The van der Waals surface area contributed by atoms with Crippen molar-refractivity contribution in [3.05, 3.63) is 109 Å². The first-order valence-corrected chi connectivity index (χ1v) is 16.2. The predicted octanol–water partition coefficient (Wildman–Crippen LogP) is 0.211. The maximum atomic E-state index is 12.9. The minimum Gasteiger partial charge on any atom is -0.745 e. The predicted molar refractivity (Wildman–Crippen MR) is 174 cm³/mol. The van der Waals surface area contributed by atoms with Gasteiger partial charge >= 0.3 is 69.7 Å². The molecule has 0 fully saturated rings. The van der Waals surface area contributed by atoms with Gasteiger partial charge in [-0.15, -0.1) is 42.5 Å². The zero-order valence-corrected chi connectivity index (χ0v) is 32.3. The van der Waals surface area contributed by atoms with E-state index in [-0.39, 0.29) is 76.1 Å². The van der Waals surface area contributed by atoms with Crippen molar-refractivity contribution in [2.75, 3.05) is 5.01 Å². The van der Waals surface area contributed by atoms with Gasteiger partial charge in [0.05, 0.1) is 17.1 Å². The Morgan fingerprint density at radius 1 is 0.860 bits per heavy atom. The van der Waals surface area contributed by atoms with E-state index in [1.54, 1.807) is 55.5 Å². The molecule has 0 saturated carbocycles. The molecule has 18 heteroatoms. The molecule has 1 amide bonds. The molecule has 0 aliphatic carbocycles. The van der Waals surface area contributed by atoms with Gasteiger partial charge in [0.15, 0.2) is 6.04 Å². The number of rotatable bonds is 7. The van der Waals surface area contributed by atoms with Gasteiger partial charge < -0.3 is 9.66 Å². The van der Waals surface area contributed by atoms with Gasteiger partial charge in [-0.05, 0) is 42.6 Å². The number of aromatic hydroxyl groups is 1. The number of amides is 1. The third-order valence-corrected chi connectivity index (χ3v) is 7.73. The fourth-order valence-corrected chi connectivity index (χ4v) is 5.39. The van der Waals surface area contributed by atoms with Crippen molar-refractivity contribution in [3.63, 3.8) is 0 Å². The van der Waals surface area contributed by atoms with Crippen molar-refractivity contribution in [1.29, 1.82) is 0 Å². The van der Waals surface area contributed by atoms with Crippen LogP contribution in [0.2, 0.25) is 0 Å². The summed E-state index contributed by atoms with van der Waals surface area (Å²) in [6.45, 7) is 1.64. The molecule has 0 spiro atoms. The van der Waals surface area contributed by atoms with Crippen molar-refractivity contribution >= 4 is 65.9 Å². The summed E-state index contributed by atoms with van der Waals surface area (Å²) in [5.74, 6) is -0.433. The molecule has 1 aliphatic heterocycles. The number of hydrogen-bond donors (Lipinski definition) is 1. The molecule has 0 aromatic heterocycles. The number of azo groups is 2. The standard InChI is InChI=1S/C32H23N6O5S.2Na.O3S/c1-20-30(32(40)38(37-20)25-8-3-2-4-9-25)35-34-24-16-17-26(29(19-24)44(41,42)43)22-11-14-23(15-12-22)33-36-31-27-10-6-5-7-21(27)13-18-28(31)39;;;1-4(2)3/h2-11,13-19,30,39H,1H3,(H,41,42,43);;;/q-1;2*+1;/p-1. The monoisotopic (exact) mass is 728 g/mol. The van der Waals surface area contributed by atoms with E-state index in [2.05, 4.69) is 31.6 Å². The van der Waals surface area contributed by atoms with E-state index in [0.717, 1.165) is 16.8 Å². The number of fused-ring (bicyclic) bond motifs is 1. The first-order valence-electron chi connectivity index (χ1n) is 13.8. The van der Waals surface area contributed by atoms with Crippen LogP contribution in [0.15, 0.2) is 134 Å². The van der Waals surface area contributed by atoms with Crippen LogP contribution in [-0.4, -0.2) is 48.4 Å². The summed E-state index contributed by atoms with van der Waals surface area (Å²) in [5, 5.41) is 34.0. The van der Waals surface area contributed by atoms with Crippen LogP contribution in [0.1, 0.15) is 6.92 Å². The summed E-state index contributed by atoms with van der Waals surface area (Å²) in [4.78, 5) is 12.4. The van der Waals surface area contributed by atoms with Crippen LogP contribution in [-0.2, 0) is 25.5 Å². The summed E-state index contributed by atoms with van der Waals surface area (Å²) in [6, 6.07) is 30.2. The van der Waals surface area contributed by atoms with Crippen LogP contribution in [0.25, 0.3) is 21.9 Å². The Bertz CT molecular complexity index is 2340.